The lowest BCUT2D eigenvalue weighted by atomic mass is 10.0. The summed E-state index contributed by atoms with van der Waals surface area (Å²) in [6.07, 6.45) is 2.02. The molecule has 0 bridgehead atoms. The van der Waals surface area contributed by atoms with Crippen LogP contribution in [-0.4, -0.2) is 9.55 Å². The van der Waals surface area contributed by atoms with E-state index in [1.807, 2.05) is 17.5 Å². The summed E-state index contributed by atoms with van der Waals surface area (Å²) in [7, 11) is 0. The van der Waals surface area contributed by atoms with Crippen molar-refractivity contribution < 1.29 is 0 Å². The van der Waals surface area contributed by atoms with Crippen molar-refractivity contribution in [1.82, 2.24) is 9.55 Å². The molecule has 0 atom stereocenters. The summed E-state index contributed by atoms with van der Waals surface area (Å²) in [5.74, 6) is 0. The molecular weight excluding hydrogens is 529 g/mol. The quantitative estimate of drug-likeness (QED) is 0.213. The van der Waals surface area contributed by atoms with Crippen LogP contribution in [0, 0.1) is 0 Å². The smallest absolute Gasteiger partial charge is 0.0964 e. The molecule has 0 aliphatic heterocycles. The van der Waals surface area contributed by atoms with Crippen molar-refractivity contribution in [3.05, 3.63) is 146 Å². The molecule has 9 aromatic rings. The molecule has 0 spiro atoms. The molecule has 0 unspecified atom stereocenters. The van der Waals surface area contributed by atoms with Gasteiger partial charge in [-0.3, -0.25) is 4.98 Å². The molecule has 2 nitrogen and oxygen atoms in total. The minimum atomic E-state index is 1.03. The number of rotatable bonds is 3. The van der Waals surface area contributed by atoms with Gasteiger partial charge >= 0.3 is 0 Å². The molecule has 0 radical (unpaired) electrons. The highest BCUT2D eigenvalue weighted by Crippen LogP contribution is 2.41. The summed E-state index contributed by atoms with van der Waals surface area (Å²) in [4.78, 5) is 5.10. The first kappa shape index (κ1) is 23.5. The van der Waals surface area contributed by atoms with Gasteiger partial charge < -0.3 is 4.57 Å². The SMILES string of the molecule is c1ccc(-c2cnc3c4cc5c(cc4n(-c4cccc(-c6ccc7ccccc7c6)c4)c3c2)sc2ccccc25)cc1. The van der Waals surface area contributed by atoms with Gasteiger partial charge in [0.1, 0.15) is 0 Å². The van der Waals surface area contributed by atoms with Crippen LogP contribution in [0.4, 0.5) is 0 Å². The highest BCUT2D eigenvalue weighted by atomic mass is 32.1. The Morgan fingerprint density at radius 3 is 2.17 bits per heavy atom. The maximum atomic E-state index is 5.10. The van der Waals surface area contributed by atoms with Gasteiger partial charge in [-0.05, 0) is 69.9 Å². The molecule has 0 aliphatic carbocycles. The molecule has 3 heteroatoms. The highest BCUT2D eigenvalue weighted by molar-refractivity contribution is 7.25. The van der Waals surface area contributed by atoms with Crippen molar-refractivity contribution in [1.29, 1.82) is 0 Å². The third kappa shape index (κ3) is 3.61. The maximum Gasteiger partial charge on any atom is 0.0964 e. The van der Waals surface area contributed by atoms with Crippen molar-refractivity contribution in [3.8, 4) is 27.9 Å². The molecule has 9 rings (SSSR count). The lowest BCUT2D eigenvalue weighted by Gasteiger charge is -2.11. The number of nitrogens with zero attached hydrogens (tertiary/aromatic N) is 2. The fraction of sp³-hybridized carbons (Fsp3) is 0. The number of benzene rings is 6. The van der Waals surface area contributed by atoms with Crippen molar-refractivity contribution in [2.75, 3.05) is 0 Å². The lowest BCUT2D eigenvalue weighted by Crippen LogP contribution is -1.95. The number of hydrogen-bond acceptors (Lipinski definition) is 2. The second-order valence-electron chi connectivity index (χ2n) is 10.9. The van der Waals surface area contributed by atoms with Crippen LogP contribution in [0.3, 0.4) is 0 Å². The van der Waals surface area contributed by atoms with Crippen LogP contribution >= 0.6 is 11.3 Å². The fourth-order valence-electron chi connectivity index (χ4n) is 6.36. The van der Waals surface area contributed by atoms with Crippen molar-refractivity contribution >= 4 is 64.2 Å². The summed E-state index contributed by atoms with van der Waals surface area (Å²) < 4.78 is 5.01. The van der Waals surface area contributed by atoms with Crippen LogP contribution in [-0.2, 0) is 0 Å². The van der Waals surface area contributed by atoms with E-state index < -0.39 is 0 Å². The van der Waals surface area contributed by atoms with Crippen molar-refractivity contribution in [3.63, 3.8) is 0 Å². The Morgan fingerprint density at radius 1 is 0.452 bits per heavy atom. The lowest BCUT2D eigenvalue weighted by molar-refractivity contribution is 1.18. The molecular formula is C39H24N2S. The second-order valence-corrected chi connectivity index (χ2v) is 12.0. The van der Waals surface area contributed by atoms with Gasteiger partial charge in [-0.2, -0.15) is 0 Å². The van der Waals surface area contributed by atoms with Gasteiger partial charge in [0.05, 0.1) is 16.6 Å². The Balaban J connectivity index is 1.33. The Hall–Kier alpha value is -5.25. The molecule has 0 saturated heterocycles. The molecule has 3 heterocycles. The molecule has 0 saturated carbocycles. The van der Waals surface area contributed by atoms with E-state index in [9.17, 15) is 0 Å². The van der Waals surface area contributed by atoms with E-state index in [1.54, 1.807) is 0 Å². The minimum absolute atomic E-state index is 1.03. The number of thiophene rings is 1. The number of hydrogen-bond donors (Lipinski definition) is 0. The number of aromatic nitrogens is 2. The van der Waals surface area contributed by atoms with Gasteiger partial charge in [-0.1, -0.05) is 97.1 Å². The molecule has 3 aromatic heterocycles. The zero-order chi connectivity index (χ0) is 27.6. The van der Waals surface area contributed by atoms with Gasteiger partial charge in [0.2, 0.25) is 0 Å². The van der Waals surface area contributed by atoms with Crippen molar-refractivity contribution in [2.24, 2.45) is 0 Å². The van der Waals surface area contributed by atoms with E-state index in [2.05, 4.69) is 144 Å². The van der Waals surface area contributed by atoms with Crippen LogP contribution in [0.15, 0.2) is 146 Å². The summed E-state index contributed by atoms with van der Waals surface area (Å²) in [6.45, 7) is 0. The third-order valence-corrected chi connectivity index (χ3v) is 9.53. The van der Waals surface area contributed by atoms with E-state index in [0.717, 1.165) is 22.3 Å². The van der Waals surface area contributed by atoms with E-state index in [4.69, 9.17) is 4.98 Å². The van der Waals surface area contributed by atoms with Crippen LogP contribution < -0.4 is 0 Å². The van der Waals surface area contributed by atoms with Gasteiger partial charge in [0.15, 0.2) is 0 Å². The molecule has 0 N–H and O–H groups in total. The number of fused-ring (bicyclic) bond motifs is 7. The van der Waals surface area contributed by atoms with E-state index in [-0.39, 0.29) is 0 Å². The first-order valence-electron chi connectivity index (χ1n) is 14.2. The second kappa shape index (κ2) is 9.13. The van der Waals surface area contributed by atoms with Crippen molar-refractivity contribution in [2.45, 2.75) is 0 Å². The van der Waals surface area contributed by atoms with Crippen LogP contribution in [0.2, 0.25) is 0 Å². The highest BCUT2D eigenvalue weighted by Gasteiger charge is 2.18. The third-order valence-electron chi connectivity index (χ3n) is 8.39. The minimum Gasteiger partial charge on any atom is -0.308 e. The zero-order valence-corrected chi connectivity index (χ0v) is 23.5. The van der Waals surface area contributed by atoms with E-state index >= 15 is 0 Å². The topological polar surface area (TPSA) is 17.8 Å². The van der Waals surface area contributed by atoms with Gasteiger partial charge in [0, 0.05) is 43.0 Å². The number of pyridine rings is 1. The largest absolute Gasteiger partial charge is 0.308 e. The van der Waals surface area contributed by atoms with Crippen LogP contribution in [0.25, 0.3) is 80.8 Å². The van der Waals surface area contributed by atoms with E-state index in [1.165, 1.54) is 58.5 Å². The molecule has 0 aliphatic rings. The molecule has 0 fully saturated rings. The molecule has 0 amide bonds. The summed E-state index contributed by atoms with van der Waals surface area (Å²) in [5.41, 5.74) is 9.15. The standard InChI is InChI=1S/C39H24N2S/c1-2-9-25(10-3-1)30-21-36-39(40-24-30)34-22-33-32-15-6-7-16-37(32)42-38(33)23-35(34)41(36)31-14-8-13-28(20-31)29-18-17-26-11-4-5-12-27(26)19-29/h1-24H. The Bertz CT molecular complexity index is 2470. The van der Waals surface area contributed by atoms with Crippen LogP contribution in [0.1, 0.15) is 0 Å². The zero-order valence-electron chi connectivity index (χ0n) is 22.7. The van der Waals surface area contributed by atoms with Gasteiger partial charge in [-0.15, -0.1) is 11.3 Å². The van der Waals surface area contributed by atoms with Gasteiger partial charge in [-0.25, -0.2) is 0 Å². The normalized spacial score (nSPS) is 11.8. The average Bonchev–Trinajstić information content (AvgIpc) is 3.58. The Morgan fingerprint density at radius 2 is 1.24 bits per heavy atom. The first-order valence-corrected chi connectivity index (χ1v) is 15.0. The van der Waals surface area contributed by atoms with Gasteiger partial charge in [0.25, 0.3) is 0 Å². The average molecular weight is 553 g/mol. The summed E-state index contributed by atoms with van der Waals surface area (Å²) in [5, 5.41) is 6.28. The summed E-state index contributed by atoms with van der Waals surface area (Å²) >= 11 is 1.86. The maximum absolute atomic E-state index is 5.10. The molecule has 42 heavy (non-hydrogen) atoms. The summed E-state index contributed by atoms with van der Waals surface area (Å²) in [6, 6.07) is 50.4. The van der Waals surface area contributed by atoms with Crippen LogP contribution in [0.5, 0.6) is 0 Å². The van der Waals surface area contributed by atoms with E-state index in [0.29, 0.717) is 0 Å². The Kier molecular flexibility index (Phi) is 5.10. The fourth-order valence-corrected chi connectivity index (χ4v) is 7.48. The predicted octanol–water partition coefficient (Wildman–Crippen LogP) is 11.0. The Labute approximate surface area is 246 Å². The molecule has 196 valence electrons. The monoisotopic (exact) mass is 552 g/mol. The predicted molar refractivity (Wildman–Crippen MR) is 180 cm³/mol. The molecule has 6 aromatic carbocycles. The first-order chi connectivity index (χ1) is 20.8.